The van der Waals surface area contributed by atoms with Gasteiger partial charge in [0, 0.05) is 0 Å². The van der Waals surface area contributed by atoms with Crippen molar-refractivity contribution in [2.24, 2.45) is 0 Å². The normalized spacial score (nSPS) is 8.00. The molecule has 0 N–H and O–H groups in total. The summed E-state index contributed by atoms with van der Waals surface area (Å²) in [6, 6.07) is 0. The molecule has 8 heavy (non-hydrogen) atoms. The molecule has 38 valence electrons. The molecule has 0 rings (SSSR count). The molecule has 0 saturated heterocycles. The third kappa shape index (κ3) is 9.67. The molecule has 0 aliphatic rings. The van der Waals surface area contributed by atoms with Gasteiger partial charge < -0.3 is 12.6 Å². The molecular formula is C6H7NaS. The molecule has 0 saturated carbocycles. The molecule has 2 heteroatoms. The minimum atomic E-state index is 0. The Morgan fingerprint density at radius 1 is 1.50 bits per heavy atom. The first-order chi connectivity index (χ1) is 3.27. The van der Waals surface area contributed by atoms with Gasteiger partial charge in [0.15, 0.2) is 0 Å². The Morgan fingerprint density at radius 2 is 2.00 bits per heavy atom. The van der Waals surface area contributed by atoms with Gasteiger partial charge in [-0.3, -0.25) is 0 Å². The van der Waals surface area contributed by atoms with Crippen LogP contribution >= 0.6 is 0 Å². The standard InChI is InChI=1S/C6H8S.Na/c1-3-4-5-6(2)7;/h3-5,7H,1-2H2;/q;+1/p-1/b5-4-;. The Labute approximate surface area is 78.1 Å². The molecule has 0 spiro atoms. The van der Waals surface area contributed by atoms with Crippen LogP contribution in [0.25, 0.3) is 0 Å². The van der Waals surface area contributed by atoms with Gasteiger partial charge in [0.25, 0.3) is 0 Å². The largest absolute Gasteiger partial charge is 1.00 e. The molecule has 0 atom stereocenters. The summed E-state index contributed by atoms with van der Waals surface area (Å²) < 4.78 is 0. The summed E-state index contributed by atoms with van der Waals surface area (Å²) in [6.07, 6.45) is 5.15. The topological polar surface area (TPSA) is 0 Å². The molecule has 0 aliphatic heterocycles. The van der Waals surface area contributed by atoms with Crippen molar-refractivity contribution in [2.45, 2.75) is 0 Å². The summed E-state index contributed by atoms with van der Waals surface area (Å²) in [5.74, 6) is 0. The molecule has 0 heterocycles. The van der Waals surface area contributed by atoms with E-state index < -0.39 is 0 Å². The van der Waals surface area contributed by atoms with Gasteiger partial charge in [-0.2, -0.15) is 4.91 Å². The average molecular weight is 134 g/mol. The van der Waals surface area contributed by atoms with Crippen molar-refractivity contribution in [3.05, 3.63) is 36.3 Å². The van der Waals surface area contributed by atoms with Gasteiger partial charge in [-0.25, -0.2) is 0 Å². The first kappa shape index (κ1) is 11.3. The van der Waals surface area contributed by atoms with E-state index in [1.54, 1.807) is 18.2 Å². The van der Waals surface area contributed by atoms with Gasteiger partial charge in [0.05, 0.1) is 0 Å². The molecule has 0 nitrogen and oxygen atoms in total. The van der Waals surface area contributed by atoms with Crippen LogP contribution in [0, 0.1) is 0 Å². The summed E-state index contributed by atoms with van der Waals surface area (Å²) >= 11 is 4.62. The third-order valence-electron chi connectivity index (χ3n) is 0.418. The summed E-state index contributed by atoms with van der Waals surface area (Å²) in [5, 5.41) is 0. The van der Waals surface area contributed by atoms with Crippen LogP contribution in [0.3, 0.4) is 0 Å². The van der Waals surface area contributed by atoms with E-state index in [1.807, 2.05) is 0 Å². The summed E-state index contributed by atoms with van der Waals surface area (Å²) in [4.78, 5) is 0.639. The van der Waals surface area contributed by atoms with E-state index in [9.17, 15) is 0 Å². The van der Waals surface area contributed by atoms with Gasteiger partial charge in [0.2, 0.25) is 0 Å². The monoisotopic (exact) mass is 134 g/mol. The van der Waals surface area contributed by atoms with Crippen molar-refractivity contribution < 1.29 is 29.6 Å². The van der Waals surface area contributed by atoms with Gasteiger partial charge in [-0.1, -0.05) is 24.8 Å². The predicted molar refractivity (Wildman–Crippen MR) is 35.8 cm³/mol. The van der Waals surface area contributed by atoms with Crippen LogP contribution in [-0.4, -0.2) is 0 Å². The smallest absolute Gasteiger partial charge is 0.780 e. The minimum absolute atomic E-state index is 0. The average Bonchev–Trinajstić information content (AvgIpc) is 1.61. The second-order valence-corrected chi connectivity index (χ2v) is 1.59. The third-order valence-corrected chi connectivity index (χ3v) is 0.554. The molecule has 0 aromatic carbocycles. The Morgan fingerprint density at radius 3 is 2.12 bits per heavy atom. The van der Waals surface area contributed by atoms with E-state index in [-0.39, 0.29) is 29.6 Å². The van der Waals surface area contributed by atoms with E-state index >= 15 is 0 Å². The van der Waals surface area contributed by atoms with Gasteiger partial charge in [-0.15, -0.1) is 6.58 Å². The second-order valence-electron chi connectivity index (χ2n) is 1.06. The van der Waals surface area contributed by atoms with Crippen molar-refractivity contribution in [1.29, 1.82) is 0 Å². The van der Waals surface area contributed by atoms with Crippen molar-refractivity contribution in [3.63, 3.8) is 0 Å². The zero-order valence-corrected chi connectivity index (χ0v) is 7.87. The maximum atomic E-state index is 4.62. The number of hydrogen-bond acceptors (Lipinski definition) is 1. The van der Waals surface area contributed by atoms with E-state index in [1.165, 1.54) is 0 Å². The van der Waals surface area contributed by atoms with Crippen molar-refractivity contribution >= 4 is 12.6 Å². The first-order valence-corrected chi connectivity index (χ1v) is 2.33. The van der Waals surface area contributed by atoms with Gasteiger partial charge in [-0.05, 0) is 0 Å². The summed E-state index contributed by atoms with van der Waals surface area (Å²) in [6.45, 7) is 6.93. The van der Waals surface area contributed by atoms with Crippen LogP contribution in [0.5, 0.6) is 0 Å². The molecule has 0 amide bonds. The van der Waals surface area contributed by atoms with Crippen LogP contribution in [0.1, 0.15) is 0 Å². The Balaban J connectivity index is 0. The van der Waals surface area contributed by atoms with Gasteiger partial charge in [0.1, 0.15) is 0 Å². The number of hydrogen-bond donors (Lipinski definition) is 0. The molecule has 0 bridgehead atoms. The van der Waals surface area contributed by atoms with Crippen LogP contribution in [0.2, 0.25) is 0 Å². The van der Waals surface area contributed by atoms with Crippen LogP contribution in [0.15, 0.2) is 36.3 Å². The van der Waals surface area contributed by atoms with Crippen molar-refractivity contribution in [3.8, 4) is 0 Å². The Hall–Kier alpha value is 0.440. The van der Waals surface area contributed by atoms with Crippen LogP contribution in [-0.2, 0) is 12.6 Å². The molecule has 0 fully saturated rings. The SMILES string of the molecule is C=C/C=C\C(=C)[S-].[Na+]. The fourth-order valence-corrected chi connectivity index (χ4v) is 0.254. The zero-order chi connectivity index (χ0) is 5.70. The molecular weight excluding hydrogens is 127 g/mol. The molecule has 0 aliphatic carbocycles. The minimum Gasteiger partial charge on any atom is -0.780 e. The Bertz CT molecular complexity index is 105. The first-order valence-electron chi connectivity index (χ1n) is 1.92. The molecule has 0 aromatic heterocycles. The zero-order valence-electron chi connectivity index (χ0n) is 5.05. The predicted octanol–water partition coefficient (Wildman–Crippen LogP) is -1.21. The fraction of sp³-hybridized carbons (Fsp3) is 0. The van der Waals surface area contributed by atoms with Crippen LogP contribution < -0.4 is 29.6 Å². The molecule has 0 unspecified atom stereocenters. The quantitative estimate of drug-likeness (QED) is 0.259. The van der Waals surface area contributed by atoms with E-state index in [0.29, 0.717) is 4.91 Å². The van der Waals surface area contributed by atoms with Crippen molar-refractivity contribution in [2.75, 3.05) is 0 Å². The molecule has 0 aromatic rings. The maximum absolute atomic E-state index is 4.62. The maximum Gasteiger partial charge on any atom is 1.00 e. The van der Waals surface area contributed by atoms with E-state index in [4.69, 9.17) is 0 Å². The number of rotatable bonds is 2. The molecule has 0 radical (unpaired) electrons. The second kappa shape index (κ2) is 7.44. The summed E-state index contributed by atoms with van der Waals surface area (Å²) in [5.41, 5.74) is 0. The van der Waals surface area contributed by atoms with Gasteiger partial charge >= 0.3 is 29.6 Å². The van der Waals surface area contributed by atoms with Crippen molar-refractivity contribution in [1.82, 2.24) is 0 Å². The fourth-order valence-electron chi connectivity index (χ4n) is 0.175. The Kier molecular flexibility index (Phi) is 10.5. The van der Waals surface area contributed by atoms with E-state index in [0.717, 1.165) is 0 Å². The summed E-state index contributed by atoms with van der Waals surface area (Å²) in [7, 11) is 0. The van der Waals surface area contributed by atoms with Crippen LogP contribution in [0.4, 0.5) is 0 Å². The van der Waals surface area contributed by atoms with E-state index in [2.05, 4.69) is 25.8 Å². The number of allylic oxidation sites excluding steroid dienone is 3.